The Bertz CT molecular complexity index is 404. The number of nitrogens with one attached hydrogen (secondary N) is 2. The van der Waals surface area contributed by atoms with E-state index in [1.165, 1.54) is 11.3 Å². The van der Waals surface area contributed by atoms with Crippen molar-refractivity contribution in [1.29, 1.82) is 0 Å². The highest BCUT2D eigenvalue weighted by molar-refractivity contribution is 7.09. The van der Waals surface area contributed by atoms with Crippen molar-refractivity contribution in [3.05, 3.63) is 16.6 Å². The molecule has 0 saturated carbocycles. The van der Waals surface area contributed by atoms with Crippen molar-refractivity contribution in [3.63, 3.8) is 0 Å². The molecule has 8 heteroatoms. The maximum atomic E-state index is 11.2. The largest absolute Gasteiger partial charge is 0.481 e. The van der Waals surface area contributed by atoms with E-state index >= 15 is 0 Å². The molecule has 0 radical (unpaired) electrons. The number of rotatable bonds is 5. The van der Waals surface area contributed by atoms with E-state index in [-0.39, 0.29) is 19.4 Å². The van der Waals surface area contributed by atoms with Crippen LogP contribution in [0.15, 0.2) is 11.7 Å². The molecule has 7 nitrogen and oxygen atoms in total. The van der Waals surface area contributed by atoms with Crippen LogP contribution in [0.2, 0.25) is 0 Å². The Labute approximate surface area is 101 Å². The number of carboxylic acid groups (broad SMARTS) is 1. The fraction of sp³-hybridized carbons (Fsp3) is 0.333. The molecule has 0 bridgehead atoms. The third-order valence-electron chi connectivity index (χ3n) is 1.73. The van der Waals surface area contributed by atoms with Crippen LogP contribution in [0.1, 0.15) is 17.7 Å². The summed E-state index contributed by atoms with van der Waals surface area (Å²) in [5, 5.41) is 12.8. The number of thiazole rings is 1. The SMILES string of the molecule is O=C(O)CCC(=O)NC(=O)NCc1cncs1. The van der Waals surface area contributed by atoms with Crippen molar-refractivity contribution in [2.24, 2.45) is 0 Å². The minimum atomic E-state index is -1.08. The fourth-order valence-electron chi connectivity index (χ4n) is 0.951. The molecule has 0 aromatic carbocycles. The number of carbonyl (C=O) groups is 3. The van der Waals surface area contributed by atoms with E-state index in [9.17, 15) is 14.4 Å². The highest BCUT2D eigenvalue weighted by Gasteiger charge is 2.09. The molecular formula is C9H11N3O4S. The van der Waals surface area contributed by atoms with Crippen LogP contribution in [0.4, 0.5) is 4.79 Å². The average Bonchev–Trinajstić information content (AvgIpc) is 2.76. The second-order valence-corrected chi connectivity index (χ2v) is 4.06. The van der Waals surface area contributed by atoms with Crippen LogP contribution in [0, 0.1) is 0 Å². The van der Waals surface area contributed by atoms with Gasteiger partial charge in [0.2, 0.25) is 5.91 Å². The van der Waals surface area contributed by atoms with Crippen LogP contribution >= 0.6 is 11.3 Å². The number of carboxylic acids is 1. The number of amides is 3. The first-order chi connectivity index (χ1) is 8.08. The van der Waals surface area contributed by atoms with Gasteiger partial charge in [0.15, 0.2) is 0 Å². The number of carbonyl (C=O) groups excluding carboxylic acids is 2. The molecule has 0 aliphatic carbocycles. The van der Waals surface area contributed by atoms with Gasteiger partial charge in [-0.25, -0.2) is 4.79 Å². The van der Waals surface area contributed by atoms with Gasteiger partial charge in [0.05, 0.1) is 18.5 Å². The van der Waals surface area contributed by atoms with E-state index < -0.39 is 17.9 Å². The zero-order chi connectivity index (χ0) is 12.7. The Morgan fingerprint density at radius 1 is 1.35 bits per heavy atom. The average molecular weight is 257 g/mol. The summed E-state index contributed by atoms with van der Waals surface area (Å²) in [4.78, 5) is 37.1. The van der Waals surface area contributed by atoms with Crippen LogP contribution in [0.3, 0.4) is 0 Å². The highest BCUT2D eigenvalue weighted by Crippen LogP contribution is 2.03. The number of aliphatic carboxylic acids is 1. The maximum absolute atomic E-state index is 11.2. The lowest BCUT2D eigenvalue weighted by atomic mass is 10.3. The molecule has 0 atom stereocenters. The van der Waals surface area contributed by atoms with Crippen LogP contribution in [-0.4, -0.2) is 28.0 Å². The fourth-order valence-corrected chi connectivity index (χ4v) is 1.48. The summed E-state index contributed by atoms with van der Waals surface area (Å²) in [6, 6.07) is -0.645. The van der Waals surface area contributed by atoms with E-state index in [2.05, 4.69) is 10.3 Å². The third kappa shape index (κ3) is 5.61. The zero-order valence-electron chi connectivity index (χ0n) is 8.80. The van der Waals surface area contributed by atoms with Gasteiger partial charge in [-0.05, 0) is 0 Å². The van der Waals surface area contributed by atoms with Gasteiger partial charge in [-0.2, -0.15) is 0 Å². The Hall–Kier alpha value is -1.96. The van der Waals surface area contributed by atoms with Gasteiger partial charge >= 0.3 is 12.0 Å². The molecule has 3 amide bonds. The van der Waals surface area contributed by atoms with Gasteiger partial charge in [-0.1, -0.05) is 0 Å². The number of imide groups is 1. The zero-order valence-corrected chi connectivity index (χ0v) is 9.62. The minimum absolute atomic E-state index is 0.219. The second kappa shape index (κ2) is 6.59. The Kier molecular flexibility index (Phi) is 5.08. The normalized spacial score (nSPS) is 9.65. The number of hydrogen-bond acceptors (Lipinski definition) is 5. The van der Waals surface area contributed by atoms with Crippen LogP contribution in [0.25, 0.3) is 0 Å². The molecule has 3 N–H and O–H groups in total. The summed E-state index contributed by atoms with van der Waals surface area (Å²) in [6.07, 6.45) is 1.09. The van der Waals surface area contributed by atoms with Crippen molar-refractivity contribution in [1.82, 2.24) is 15.6 Å². The van der Waals surface area contributed by atoms with E-state index in [1.54, 1.807) is 11.7 Å². The first-order valence-electron chi connectivity index (χ1n) is 4.75. The summed E-state index contributed by atoms with van der Waals surface area (Å²) in [7, 11) is 0. The van der Waals surface area contributed by atoms with E-state index in [1.807, 2.05) is 5.32 Å². The molecule has 1 rings (SSSR count). The molecule has 1 aromatic heterocycles. The standard InChI is InChI=1S/C9H11N3O4S/c13-7(1-2-8(14)15)12-9(16)11-4-6-3-10-5-17-6/h3,5H,1-2,4H2,(H,14,15)(H2,11,12,13,16). The molecule has 0 aliphatic rings. The summed E-state index contributed by atoms with van der Waals surface area (Å²) < 4.78 is 0. The molecular weight excluding hydrogens is 246 g/mol. The van der Waals surface area contributed by atoms with Crippen molar-refractivity contribution in [3.8, 4) is 0 Å². The highest BCUT2D eigenvalue weighted by atomic mass is 32.1. The predicted octanol–water partition coefficient (Wildman–Crippen LogP) is 0.334. The molecule has 0 unspecified atom stereocenters. The second-order valence-electron chi connectivity index (χ2n) is 3.09. The van der Waals surface area contributed by atoms with Gasteiger partial charge in [-0.3, -0.25) is 19.9 Å². The Balaban J connectivity index is 2.20. The van der Waals surface area contributed by atoms with Gasteiger partial charge in [-0.15, -0.1) is 11.3 Å². The van der Waals surface area contributed by atoms with E-state index in [4.69, 9.17) is 5.11 Å². The summed E-state index contributed by atoms with van der Waals surface area (Å²) in [5.74, 6) is -1.69. The lowest BCUT2D eigenvalue weighted by molar-refractivity contribution is -0.138. The Morgan fingerprint density at radius 3 is 2.71 bits per heavy atom. The monoisotopic (exact) mass is 257 g/mol. The summed E-state index contributed by atoms with van der Waals surface area (Å²) in [6.45, 7) is 0.280. The van der Waals surface area contributed by atoms with Gasteiger partial charge in [0, 0.05) is 17.5 Å². The topological polar surface area (TPSA) is 108 Å². The molecule has 1 aromatic rings. The first-order valence-corrected chi connectivity index (χ1v) is 5.62. The summed E-state index contributed by atoms with van der Waals surface area (Å²) in [5.41, 5.74) is 1.63. The van der Waals surface area contributed by atoms with Gasteiger partial charge in [0.25, 0.3) is 0 Å². The predicted molar refractivity (Wildman–Crippen MR) is 59.4 cm³/mol. The molecule has 92 valence electrons. The van der Waals surface area contributed by atoms with Crippen molar-refractivity contribution in [2.45, 2.75) is 19.4 Å². The molecule has 1 heterocycles. The van der Waals surface area contributed by atoms with Crippen molar-refractivity contribution in [2.75, 3.05) is 0 Å². The molecule has 0 saturated heterocycles. The molecule has 0 spiro atoms. The van der Waals surface area contributed by atoms with Crippen LogP contribution < -0.4 is 10.6 Å². The maximum Gasteiger partial charge on any atom is 0.321 e. The smallest absolute Gasteiger partial charge is 0.321 e. The summed E-state index contributed by atoms with van der Waals surface area (Å²) >= 11 is 1.38. The first kappa shape index (κ1) is 13.1. The molecule has 17 heavy (non-hydrogen) atoms. The lowest BCUT2D eigenvalue weighted by Crippen LogP contribution is -2.39. The number of hydrogen-bond donors (Lipinski definition) is 3. The molecule has 0 fully saturated rings. The number of nitrogens with zero attached hydrogens (tertiary/aromatic N) is 1. The van der Waals surface area contributed by atoms with Crippen molar-refractivity contribution < 1.29 is 19.5 Å². The lowest BCUT2D eigenvalue weighted by Gasteiger charge is -2.04. The minimum Gasteiger partial charge on any atom is -0.481 e. The van der Waals surface area contributed by atoms with Gasteiger partial charge in [0.1, 0.15) is 0 Å². The molecule has 0 aliphatic heterocycles. The van der Waals surface area contributed by atoms with Gasteiger partial charge < -0.3 is 10.4 Å². The van der Waals surface area contributed by atoms with Crippen LogP contribution in [-0.2, 0) is 16.1 Å². The number of aromatic nitrogens is 1. The number of urea groups is 1. The van der Waals surface area contributed by atoms with Crippen molar-refractivity contribution >= 4 is 29.2 Å². The van der Waals surface area contributed by atoms with Crippen LogP contribution in [0.5, 0.6) is 0 Å². The Morgan fingerprint density at radius 2 is 2.12 bits per heavy atom. The van der Waals surface area contributed by atoms with E-state index in [0.29, 0.717) is 0 Å². The van der Waals surface area contributed by atoms with E-state index in [0.717, 1.165) is 4.88 Å². The third-order valence-corrected chi connectivity index (χ3v) is 2.51. The quantitative estimate of drug-likeness (QED) is 0.704.